The van der Waals surface area contributed by atoms with Crippen molar-refractivity contribution in [2.75, 3.05) is 32.7 Å². The highest BCUT2D eigenvalue weighted by Gasteiger charge is 2.40. The molecular formula is C15H24N4O3. The first-order valence-corrected chi connectivity index (χ1v) is 7.72. The van der Waals surface area contributed by atoms with Crippen molar-refractivity contribution in [1.29, 1.82) is 0 Å². The summed E-state index contributed by atoms with van der Waals surface area (Å²) < 4.78 is 0. The number of hydrogen-bond acceptors (Lipinski definition) is 4. The fraction of sp³-hybridized carbons (Fsp3) is 0.667. The fourth-order valence-corrected chi connectivity index (χ4v) is 2.86. The van der Waals surface area contributed by atoms with Gasteiger partial charge >= 0.3 is 0 Å². The van der Waals surface area contributed by atoms with E-state index in [0.717, 1.165) is 12.8 Å². The van der Waals surface area contributed by atoms with Crippen molar-refractivity contribution < 1.29 is 14.4 Å². The van der Waals surface area contributed by atoms with Crippen LogP contribution in [0.1, 0.15) is 19.8 Å². The maximum atomic E-state index is 12.4. The molecule has 1 heterocycles. The SMILES string of the molecule is C=CC(=O)N(CC)CC(=O)N1CCN(C2CC2)C(C(N)=O)C1. The summed E-state index contributed by atoms with van der Waals surface area (Å²) in [7, 11) is 0. The molecule has 22 heavy (non-hydrogen) atoms. The second-order valence-electron chi connectivity index (χ2n) is 5.78. The molecule has 2 aliphatic rings. The van der Waals surface area contributed by atoms with Gasteiger partial charge in [-0.25, -0.2) is 0 Å². The lowest BCUT2D eigenvalue weighted by atomic mass is 10.1. The van der Waals surface area contributed by atoms with Gasteiger partial charge in [0.2, 0.25) is 17.7 Å². The summed E-state index contributed by atoms with van der Waals surface area (Å²) in [5.41, 5.74) is 5.49. The Balaban J connectivity index is 1.97. The van der Waals surface area contributed by atoms with Crippen LogP contribution in [0.15, 0.2) is 12.7 Å². The van der Waals surface area contributed by atoms with E-state index >= 15 is 0 Å². The molecule has 7 nitrogen and oxygen atoms in total. The normalized spacial score (nSPS) is 22.2. The van der Waals surface area contributed by atoms with Crippen molar-refractivity contribution in [2.45, 2.75) is 31.8 Å². The molecule has 2 fully saturated rings. The molecule has 1 saturated heterocycles. The number of carbonyl (C=O) groups is 3. The Bertz CT molecular complexity index is 475. The minimum absolute atomic E-state index is 0.0102. The molecule has 1 saturated carbocycles. The average molecular weight is 308 g/mol. The van der Waals surface area contributed by atoms with Crippen LogP contribution >= 0.6 is 0 Å². The number of primary amides is 1. The summed E-state index contributed by atoms with van der Waals surface area (Å²) in [5, 5.41) is 0. The Kier molecular flexibility index (Phi) is 5.18. The van der Waals surface area contributed by atoms with E-state index in [-0.39, 0.29) is 24.3 Å². The van der Waals surface area contributed by atoms with Crippen molar-refractivity contribution in [2.24, 2.45) is 5.73 Å². The summed E-state index contributed by atoms with van der Waals surface area (Å²) in [6.45, 7) is 7.24. The maximum absolute atomic E-state index is 12.4. The molecule has 122 valence electrons. The van der Waals surface area contributed by atoms with Crippen LogP contribution in [0, 0.1) is 0 Å². The lowest BCUT2D eigenvalue weighted by Gasteiger charge is -2.40. The molecule has 1 aliphatic heterocycles. The molecule has 0 bridgehead atoms. The Labute approximate surface area is 130 Å². The van der Waals surface area contributed by atoms with Gasteiger partial charge in [-0.05, 0) is 25.8 Å². The van der Waals surface area contributed by atoms with E-state index in [0.29, 0.717) is 32.2 Å². The number of nitrogens with zero attached hydrogens (tertiary/aromatic N) is 3. The van der Waals surface area contributed by atoms with Crippen molar-refractivity contribution >= 4 is 17.7 Å². The van der Waals surface area contributed by atoms with E-state index in [1.54, 1.807) is 4.90 Å². The molecule has 0 spiro atoms. The third kappa shape index (κ3) is 3.65. The quantitative estimate of drug-likeness (QED) is 0.650. The van der Waals surface area contributed by atoms with E-state index in [2.05, 4.69) is 11.5 Å². The summed E-state index contributed by atoms with van der Waals surface area (Å²) in [5.74, 6) is -0.809. The average Bonchev–Trinajstić information content (AvgIpc) is 3.35. The van der Waals surface area contributed by atoms with Crippen LogP contribution in [0.5, 0.6) is 0 Å². The summed E-state index contributed by atoms with van der Waals surface area (Å²) in [6, 6.07) is 0.0135. The van der Waals surface area contributed by atoms with Crippen LogP contribution < -0.4 is 5.73 Å². The first-order valence-electron chi connectivity index (χ1n) is 7.72. The number of rotatable bonds is 6. The highest BCUT2D eigenvalue weighted by molar-refractivity contribution is 5.91. The predicted octanol–water partition coefficient (Wildman–Crippen LogP) is -0.819. The number of nitrogens with two attached hydrogens (primary N) is 1. The molecule has 2 rings (SSSR count). The number of piperazine rings is 1. The largest absolute Gasteiger partial charge is 0.368 e. The molecule has 0 aromatic heterocycles. The molecule has 7 heteroatoms. The van der Waals surface area contributed by atoms with Gasteiger partial charge < -0.3 is 15.5 Å². The van der Waals surface area contributed by atoms with Crippen LogP contribution in [0.4, 0.5) is 0 Å². The van der Waals surface area contributed by atoms with Gasteiger partial charge in [0.25, 0.3) is 0 Å². The minimum Gasteiger partial charge on any atom is -0.368 e. The highest BCUT2D eigenvalue weighted by Crippen LogP contribution is 2.30. The van der Waals surface area contributed by atoms with E-state index in [1.165, 1.54) is 11.0 Å². The van der Waals surface area contributed by atoms with Gasteiger partial charge in [-0.1, -0.05) is 6.58 Å². The molecule has 0 radical (unpaired) electrons. The first-order chi connectivity index (χ1) is 10.5. The topological polar surface area (TPSA) is 87.0 Å². The predicted molar refractivity (Wildman–Crippen MR) is 81.7 cm³/mol. The van der Waals surface area contributed by atoms with Crippen molar-refractivity contribution in [3.63, 3.8) is 0 Å². The van der Waals surface area contributed by atoms with Crippen LogP contribution in [0.3, 0.4) is 0 Å². The molecule has 3 amide bonds. The third-order valence-electron chi connectivity index (χ3n) is 4.31. The number of carbonyl (C=O) groups excluding carboxylic acids is 3. The second kappa shape index (κ2) is 6.91. The Hall–Kier alpha value is -1.89. The molecule has 1 unspecified atom stereocenters. The van der Waals surface area contributed by atoms with Gasteiger partial charge in [0.1, 0.15) is 6.04 Å². The monoisotopic (exact) mass is 308 g/mol. The molecule has 0 aromatic rings. The van der Waals surface area contributed by atoms with Crippen LogP contribution in [0.2, 0.25) is 0 Å². The standard InChI is InChI=1S/C15H24N4O3/c1-3-13(20)17(4-2)10-14(21)18-7-8-19(11-5-6-11)12(9-18)15(16)22/h3,11-12H,1,4-10H2,2H3,(H2,16,22). The van der Waals surface area contributed by atoms with E-state index in [1.807, 2.05) is 6.92 Å². The summed E-state index contributed by atoms with van der Waals surface area (Å²) >= 11 is 0. The zero-order chi connectivity index (χ0) is 16.3. The molecule has 1 aliphatic carbocycles. The molecular weight excluding hydrogens is 284 g/mol. The maximum Gasteiger partial charge on any atom is 0.246 e. The smallest absolute Gasteiger partial charge is 0.246 e. The van der Waals surface area contributed by atoms with Crippen LogP contribution in [-0.2, 0) is 14.4 Å². The first kappa shape index (κ1) is 16.5. The number of hydrogen-bond donors (Lipinski definition) is 1. The third-order valence-corrected chi connectivity index (χ3v) is 4.31. The lowest BCUT2D eigenvalue weighted by molar-refractivity contribution is -0.142. The number of likely N-dealkylation sites (N-methyl/N-ethyl adjacent to an activating group) is 1. The van der Waals surface area contributed by atoms with Gasteiger partial charge in [-0.3, -0.25) is 19.3 Å². The number of amides is 3. The molecule has 0 aromatic carbocycles. The fourth-order valence-electron chi connectivity index (χ4n) is 2.86. The minimum atomic E-state index is -0.421. The molecule has 1 atom stereocenters. The van der Waals surface area contributed by atoms with Crippen LogP contribution in [0.25, 0.3) is 0 Å². The lowest BCUT2D eigenvalue weighted by Crippen LogP contribution is -2.60. The Morgan fingerprint density at radius 2 is 2.00 bits per heavy atom. The van der Waals surface area contributed by atoms with Crippen LogP contribution in [-0.4, -0.2) is 77.2 Å². The van der Waals surface area contributed by atoms with E-state index < -0.39 is 6.04 Å². The summed E-state index contributed by atoms with van der Waals surface area (Å²) in [6.07, 6.45) is 3.39. The van der Waals surface area contributed by atoms with Crippen molar-refractivity contribution in [3.8, 4) is 0 Å². The van der Waals surface area contributed by atoms with Crippen molar-refractivity contribution in [3.05, 3.63) is 12.7 Å². The van der Waals surface area contributed by atoms with Gasteiger partial charge in [0.15, 0.2) is 0 Å². The zero-order valence-electron chi connectivity index (χ0n) is 13.0. The Morgan fingerprint density at radius 1 is 1.32 bits per heavy atom. The van der Waals surface area contributed by atoms with E-state index in [4.69, 9.17) is 5.73 Å². The van der Waals surface area contributed by atoms with Gasteiger partial charge in [0, 0.05) is 32.2 Å². The van der Waals surface area contributed by atoms with Gasteiger partial charge in [-0.2, -0.15) is 0 Å². The van der Waals surface area contributed by atoms with Gasteiger partial charge in [-0.15, -0.1) is 0 Å². The molecule has 2 N–H and O–H groups in total. The summed E-state index contributed by atoms with van der Waals surface area (Å²) in [4.78, 5) is 40.9. The second-order valence-corrected chi connectivity index (χ2v) is 5.78. The highest BCUT2D eigenvalue weighted by atomic mass is 16.2. The van der Waals surface area contributed by atoms with Crippen molar-refractivity contribution in [1.82, 2.24) is 14.7 Å². The Morgan fingerprint density at radius 3 is 2.50 bits per heavy atom. The zero-order valence-corrected chi connectivity index (χ0v) is 13.0. The van der Waals surface area contributed by atoms with E-state index in [9.17, 15) is 14.4 Å². The van der Waals surface area contributed by atoms with Gasteiger partial charge in [0.05, 0.1) is 6.54 Å².